The summed E-state index contributed by atoms with van der Waals surface area (Å²) in [6, 6.07) is 8.26. The van der Waals surface area contributed by atoms with Gasteiger partial charge in [-0.05, 0) is 31.9 Å². The van der Waals surface area contributed by atoms with Gasteiger partial charge in [0.1, 0.15) is 6.04 Å². The summed E-state index contributed by atoms with van der Waals surface area (Å²) in [4.78, 5) is 12.8. The summed E-state index contributed by atoms with van der Waals surface area (Å²) in [5, 5.41) is 3.76. The quantitative estimate of drug-likeness (QED) is 0.829. The van der Waals surface area contributed by atoms with Crippen molar-refractivity contribution in [2.75, 3.05) is 13.2 Å². The molecule has 0 aliphatic carbocycles. The summed E-state index contributed by atoms with van der Waals surface area (Å²) in [6.45, 7) is 4.95. The first-order valence-electron chi connectivity index (χ1n) is 6.35. The number of esters is 1. The number of ether oxygens (including phenoxy) is 1. The number of nitrogens with one attached hydrogen (secondary N) is 1. The smallest absolute Gasteiger partial charge is 0.322 e. The van der Waals surface area contributed by atoms with Crippen molar-refractivity contribution in [1.29, 1.82) is 0 Å². The second kappa shape index (κ2) is 6.25. The summed E-state index contributed by atoms with van der Waals surface area (Å²) in [7, 11) is 0. The third-order valence-electron chi connectivity index (χ3n) is 3.01. The molecule has 0 bridgehead atoms. The summed E-state index contributed by atoms with van der Waals surface area (Å²) >= 11 is 1.89. The van der Waals surface area contributed by atoms with E-state index in [9.17, 15) is 4.79 Å². The molecule has 0 radical (unpaired) electrons. The number of hydrogen-bond acceptors (Lipinski definition) is 4. The molecule has 2 rings (SSSR count). The zero-order chi connectivity index (χ0) is 13.0. The van der Waals surface area contributed by atoms with Crippen LogP contribution in [0.3, 0.4) is 0 Å². The molecule has 98 valence electrons. The van der Waals surface area contributed by atoms with E-state index in [2.05, 4.69) is 29.6 Å². The van der Waals surface area contributed by atoms with Gasteiger partial charge in [0.05, 0.1) is 6.61 Å². The first-order valence-corrected chi connectivity index (χ1v) is 7.23. The fourth-order valence-corrected chi connectivity index (χ4v) is 3.29. The second-order valence-corrected chi connectivity index (χ2v) is 5.78. The van der Waals surface area contributed by atoms with Crippen molar-refractivity contribution < 1.29 is 9.53 Å². The molecule has 1 aliphatic rings. The third-order valence-corrected chi connectivity index (χ3v) is 4.32. The highest BCUT2D eigenvalue weighted by Crippen LogP contribution is 2.36. The number of thioether (sulfide) groups is 1. The zero-order valence-electron chi connectivity index (χ0n) is 10.8. The van der Waals surface area contributed by atoms with Crippen molar-refractivity contribution in [3.63, 3.8) is 0 Å². The van der Waals surface area contributed by atoms with Gasteiger partial charge < -0.3 is 10.1 Å². The number of rotatable bonds is 5. The van der Waals surface area contributed by atoms with Crippen molar-refractivity contribution >= 4 is 17.7 Å². The zero-order valence-corrected chi connectivity index (χ0v) is 11.6. The first-order chi connectivity index (χ1) is 8.70. The summed E-state index contributed by atoms with van der Waals surface area (Å²) in [5.41, 5.74) is 1.41. The third kappa shape index (κ3) is 3.27. The minimum absolute atomic E-state index is 0.169. The van der Waals surface area contributed by atoms with E-state index in [1.807, 2.05) is 25.6 Å². The number of benzene rings is 1. The highest BCUT2D eigenvalue weighted by atomic mass is 32.2. The number of fused-ring (bicyclic) bond motifs is 1. The van der Waals surface area contributed by atoms with Gasteiger partial charge in [-0.1, -0.05) is 18.2 Å². The lowest BCUT2D eigenvalue weighted by molar-refractivity contribution is -0.145. The van der Waals surface area contributed by atoms with Crippen molar-refractivity contribution in [1.82, 2.24) is 5.32 Å². The van der Waals surface area contributed by atoms with Gasteiger partial charge >= 0.3 is 5.97 Å². The Kier molecular flexibility index (Phi) is 4.66. The van der Waals surface area contributed by atoms with Crippen LogP contribution in [0.4, 0.5) is 0 Å². The average molecular weight is 265 g/mol. The summed E-state index contributed by atoms with van der Waals surface area (Å²) in [6.07, 6.45) is 1.07. The van der Waals surface area contributed by atoms with Crippen LogP contribution >= 0.6 is 11.8 Å². The molecule has 1 aliphatic heterocycles. The van der Waals surface area contributed by atoms with Gasteiger partial charge in [-0.15, -0.1) is 11.8 Å². The van der Waals surface area contributed by atoms with Crippen molar-refractivity contribution in [2.45, 2.75) is 36.5 Å². The van der Waals surface area contributed by atoms with Crippen molar-refractivity contribution in [3.8, 4) is 0 Å². The number of carbonyl (C=O) groups is 1. The number of hydrogen-bond donors (Lipinski definition) is 1. The van der Waals surface area contributed by atoms with E-state index in [0.717, 1.165) is 13.0 Å². The largest absolute Gasteiger partial charge is 0.465 e. The topological polar surface area (TPSA) is 38.3 Å². The predicted molar refractivity (Wildman–Crippen MR) is 73.9 cm³/mol. The van der Waals surface area contributed by atoms with Gasteiger partial charge in [0.15, 0.2) is 0 Å². The molecular formula is C14H19NO2S. The molecule has 3 nitrogen and oxygen atoms in total. The molecule has 4 heteroatoms. The van der Waals surface area contributed by atoms with E-state index in [-0.39, 0.29) is 12.0 Å². The van der Waals surface area contributed by atoms with Gasteiger partial charge in [-0.25, -0.2) is 0 Å². The van der Waals surface area contributed by atoms with E-state index >= 15 is 0 Å². The maximum Gasteiger partial charge on any atom is 0.322 e. The molecule has 1 aromatic carbocycles. The molecule has 2 unspecified atom stereocenters. The molecule has 1 aromatic rings. The van der Waals surface area contributed by atoms with Crippen LogP contribution in [-0.4, -0.2) is 30.4 Å². The fraction of sp³-hybridized carbons (Fsp3) is 0.500. The minimum Gasteiger partial charge on any atom is -0.465 e. The Morgan fingerprint density at radius 3 is 3.06 bits per heavy atom. The molecular weight excluding hydrogens is 246 g/mol. The van der Waals surface area contributed by atoms with Crippen molar-refractivity contribution in [3.05, 3.63) is 29.8 Å². The van der Waals surface area contributed by atoms with E-state index < -0.39 is 0 Å². The lowest BCUT2D eigenvalue weighted by Gasteiger charge is -2.15. The van der Waals surface area contributed by atoms with Crippen LogP contribution in [0.25, 0.3) is 0 Å². The molecule has 0 spiro atoms. The SMILES string of the molecule is CCOC(=O)C(C)NCC1Cc2ccccc2S1. The van der Waals surface area contributed by atoms with Gasteiger partial charge in [0, 0.05) is 16.7 Å². The molecule has 1 heterocycles. The Labute approximate surface area is 112 Å². The van der Waals surface area contributed by atoms with Gasteiger partial charge in [-0.2, -0.15) is 0 Å². The second-order valence-electron chi connectivity index (χ2n) is 4.43. The van der Waals surface area contributed by atoms with Crippen LogP contribution in [-0.2, 0) is 16.0 Å². The normalized spacial score (nSPS) is 19.3. The van der Waals surface area contributed by atoms with E-state index in [1.165, 1.54) is 10.5 Å². The van der Waals surface area contributed by atoms with Gasteiger partial charge in [0.2, 0.25) is 0 Å². The molecule has 0 aromatic heterocycles. The van der Waals surface area contributed by atoms with Crippen LogP contribution in [0.15, 0.2) is 29.2 Å². The fourth-order valence-electron chi connectivity index (χ4n) is 2.03. The van der Waals surface area contributed by atoms with Gasteiger partial charge in [-0.3, -0.25) is 4.79 Å². The Balaban J connectivity index is 1.78. The minimum atomic E-state index is -0.228. The highest BCUT2D eigenvalue weighted by Gasteiger charge is 2.23. The molecule has 18 heavy (non-hydrogen) atoms. The Morgan fingerprint density at radius 2 is 2.33 bits per heavy atom. The maximum absolute atomic E-state index is 11.5. The van der Waals surface area contributed by atoms with Gasteiger partial charge in [0.25, 0.3) is 0 Å². The Bertz CT molecular complexity index is 397. The summed E-state index contributed by atoms with van der Waals surface area (Å²) in [5.74, 6) is -0.169. The van der Waals surface area contributed by atoms with Crippen molar-refractivity contribution in [2.24, 2.45) is 0 Å². The molecule has 1 N–H and O–H groups in total. The average Bonchev–Trinajstić information content (AvgIpc) is 2.78. The molecule has 2 atom stereocenters. The monoisotopic (exact) mass is 265 g/mol. The van der Waals surface area contributed by atoms with E-state index in [1.54, 1.807) is 0 Å². The standard InChI is InChI=1S/C14H19NO2S/c1-3-17-14(16)10(2)15-9-12-8-11-6-4-5-7-13(11)18-12/h4-7,10,12,15H,3,8-9H2,1-2H3. The lowest BCUT2D eigenvalue weighted by atomic mass is 10.1. The van der Waals surface area contributed by atoms with Crippen LogP contribution in [0.2, 0.25) is 0 Å². The molecule has 0 saturated carbocycles. The molecule has 0 fully saturated rings. The maximum atomic E-state index is 11.5. The van der Waals surface area contributed by atoms with E-state index in [4.69, 9.17) is 4.74 Å². The highest BCUT2D eigenvalue weighted by molar-refractivity contribution is 8.00. The lowest BCUT2D eigenvalue weighted by Crippen LogP contribution is -2.39. The van der Waals surface area contributed by atoms with Crippen LogP contribution in [0.5, 0.6) is 0 Å². The molecule has 0 saturated heterocycles. The number of carbonyl (C=O) groups excluding carboxylic acids is 1. The Hall–Kier alpha value is -1.00. The van der Waals surface area contributed by atoms with Crippen LogP contribution in [0.1, 0.15) is 19.4 Å². The Morgan fingerprint density at radius 1 is 1.56 bits per heavy atom. The first kappa shape index (κ1) is 13.4. The van der Waals surface area contributed by atoms with E-state index in [0.29, 0.717) is 11.9 Å². The molecule has 0 amide bonds. The summed E-state index contributed by atoms with van der Waals surface area (Å²) < 4.78 is 4.97. The van der Waals surface area contributed by atoms with Crippen LogP contribution < -0.4 is 5.32 Å². The predicted octanol–water partition coefficient (Wildman–Crippen LogP) is 2.24. The van der Waals surface area contributed by atoms with Crippen LogP contribution in [0, 0.1) is 0 Å².